The summed E-state index contributed by atoms with van der Waals surface area (Å²) in [5.74, 6) is 0.302. The largest absolute Gasteiger partial charge is 0.507 e. The molecule has 1 aliphatic rings. The summed E-state index contributed by atoms with van der Waals surface area (Å²) in [6.07, 6.45) is 1.11. The first-order valence-electron chi connectivity index (χ1n) is 6.01. The fraction of sp³-hybridized carbons (Fsp3) is 0.462. The summed E-state index contributed by atoms with van der Waals surface area (Å²) in [5.41, 5.74) is 0.315. The molecule has 0 bridgehead atoms. The van der Waals surface area contributed by atoms with Crippen molar-refractivity contribution in [2.24, 2.45) is 5.92 Å². The first-order valence-corrected chi connectivity index (χ1v) is 6.81. The maximum Gasteiger partial charge on any atom is 0.255 e. The predicted molar refractivity (Wildman–Crippen MR) is 73.7 cm³/mol. The van der Waals surface area contributed by atoms with E-state index in [0.717, 1.165) is 24.0 Å². The Kier molecular flexibility index (Phi) is 4.24. The predicted octanol–water partition coefficient (Wildman–Crippen LogP) is 1.84. The monoisotopic (exact) mass is 312 g/mol. The molecule has 0 saturated carbocycles. The van der Waals surface area contributed by atoms with E-state index >= 15 is 0 Å². The second kappa shape index (κ2) is 5.71. The summed E-state index contributed by atoms with van der Waals surface area (Å²) in [5, 5.41) is 12.5. The number of phenols is 1. The fourth-order valence-electron chi connectivity index (χ4n) is 2.22. The Labute approximate surface area is 115 Å². The molecule has 0 aromatic heterocycles. The number of carbonyl (C=O) groups excluding carboxylic acids is 1. The quantitative estimate of drug-likeness (QED) is 0.895. The van der Waals surface area contributed by atoms with Gasteiger partial charge in [-0.05, 0) is 44.1 Å². The molecule has 5 heteroatoms. The molecular weight excluding hydrogens is 296 g/mol. The van der Waals surface area contributed by atoms with Crippen LogP contribution in [0.1, 0.15) is 16.8 Å². The summed E-state index contributed by atoms with van der Waals surface area (Å²) in [6, 6.07) is 4.85. The fourth-order valence-corrected chi connectivity index (χ4v) is 2.58. The van der Waals surface area contributed by atoms with E-state index in [0.29, 0.717) is 18.0 Å². The van der Waals surface area contributed by atoms with E-state index in [-0.39, 0.29) is 11.7 Å². The lowest BCUT2D eigenvalue weighted by atomic mass is 10.1. The molecule has 1 unspecified atom stereocenters. The van der Waals surface area contributed by atoms with Gasteiger partial charge in [0.2, 0.25) is 0 Å². The lowest BCUT2D eigenvalue weighted by Crippen LogP contribution is -2.30. The second-order valence-electron chi connectivity index (χ2n) is 4.79. The molecular formula is C13H17BrN2O2. The first-order chi connectivity index (χ1) is 8.56. The van der Waals surface area contributed by atoms with Crippen LogP contribution in [0.5, 0.6) is 5.75 Å². The second-order valence-corrected chi connectivity index (χ2v) is 5.70. The molecule has 2 N–H and O–H groups in total. The number of nitrogens with zero attached hydrogens (tertiary/aromatic N) is 1. The van der Waals surface area contributed by atoms with E-state index < -0.39 is 0 Å². The van der Waals surface area contributed by atoms with Gasteiger partial charge in [-0.2, -0.15) is 0 Å². The molecule has 1 heterocycles. The average Bonchev–Trinajstić information content (AvgIpc) is 2.75. The Morgan fingerprint density at radius 3 is 3.06 bits per heavy atom. The van der Waals surface area contributed by atoms with Gasteiger partial charge in [-0.25, -0.2) is 0 Å². The van der Waals surface area contributed by atoms with Crippen molar-refractivity contribution in [1.29, 1.82) is 0 Å². The van der Waals surface area contributed by atoms with Crippen molar-refractivity contribution in [3.05, 3.63) is 28.2 Å². The van der Waals surface area contributed by atoms with Crippen molar-refractivity contribution >= 4 is 21.8 Å². The number of rotatable bonds is 3. The zero-order valence-electron chi connectivity index (χ0n) is 10.3. The van der Waals surface area contributed by atoms with Gasteiger partial charge in [-0.3, -0.25) is 4.79 Å². The summed E-state index contributed by atoms with van der Waals surface area (Å²) < 4.78 is 0.783. The van der Waals surface area contributed by atoms with Crippen LogP contribution < -0.4 is 5.32 Å². The Balaban J connectivity index is 1.93. The number of hydrogen-bond acceptors (Lipinski definition) is 3. The van der Waals surface area contributed by atoms with Gasteiger partial charge in [0.1, 0.15) is 5.75 Å². The van der Waals surface area contributed by atoms with Crippen LogP contribution in [0.3, 0.4) is 0 Å². The molecule has 98 valence electrons. The average molecular weight is 313 g/mol. The van der Waals surface area contributed by atoms with Crippen molar-refractivity contribution in [3.63, 3.8) is 0 Å². The molecule has 1 aromatic carbocycles. The molecule has 1 saturated heterocycles. The zero-order valence-corrected chi connectivity index (χ0v) is 11.9. The molecule has 1 aliphatic heterocycles. The highest BCUT2D eigenvalue weighted by Gasteiger charge is 2.20. The number of carbonyl (C=O) groups is 1. The van der Waals surface area contributed by atoms with Crippen molar-refractivity contribution in [2.75, 3.05) is 26.7 Å². The minimum absolute atomic E-state index is 0.0132. The van der Waals surface area contributed by atoms with Crippen LogP contribution in [0.2, 0.25) is 0 Å². The van der Waals surface area contributed by atoms with Crippen LogP contribution in [0.25, 0.3) is 0 Å². The van der Waals surface area contributed by atoms with Gasteiger partial charge < -0.3 is 15.3 Å². The molecule has 1 fully saturated rings. The maximum atomic E-state index is 12.0. The number of nitrogens with one attached hydrogen (secondary N) is 1. The minimum atomic E-state index is -0.219. The molecule has 1 amide bonds. The molecule has 4 nitrogen and oxygen atoms in total. The van der Waals surface area contributed by atoms with E-state index in [1.807, 2.05) is 0 Å². The SMILES string of the molecule is CN1CCC(CNC(=O)c2cc(Br)ccc2O)C1. The number of hydrogen-bond donors (Lipinski definition) is 2. The number of phenolic OH excluding ortho intramolecular Hbond substituents is 1. The molecule has 0 radical (unpaired) electrons. The smallest absolute Gasteiger partial charge is 0.255 e. The molecule has 1 atom stereocenters. The van der Waals surface area contributed by atoms with E-state index in [1.165, 1.54) is 6.07 Å². The highest BCUT2D eigenvalue weighted by Crippen LogP contribution is 2.22. The van der Waals surface area contributed by atoms with Crippen molar-refractivity contribution < 1.29 is 9.90 Å². The van der Waals surface area contributed by atoms with E-state index in [1.54, 1.807) is 12.1 Å². The van der Waals surface area contributed by atoms with Gasteiger partial charge in [-0.1, -0.05) is 15.9 Å². The first kappa shape index (κ1) is 13.4. The van der Waals surface area contributed by atoms with E-state index in [9.17, 15) is 9.90 Å². The number of amides is 1. The molecule has 0 aliphatic carbocycles. The third-order valence-electron chi connectivity index (χ3n) is 3.24. The Morgan fingerprint density at radius 2 is 2.39 bits per heavy atom. The third-order valence-corrected chi connectivity index (χ3v) is 3.74. The van der Waals surface area contributed by atoms with Crippen molar-refractivity contribution in [1.82, 2.24) is 10.2 Å². The third kappa shape index (κ3) is 3.23. The van der Waals surface area contributed by atoms with Crippen LogP contribution in [0.15, 0.2) is 22.7 Å². The normalized spacial score (nSPS) is 20.0. The maximum absolute atomic E-state index is 12.0. The summed E-state index contributed by atoms with van der Waals surface area (Å²) in [4.78, 5) is 14.2. The summed E-state index contributed by atoms with van der Waals surface area (Å²) >= 11 is 3.29. The van der Waals surface area contributed by atoms with Crippen LogP contribution >= 0.6 is 15.9 Å². The number of likely N-dealkylation sites (tertiary alicyclic amines) is 1. The number of aromatic hydroxyl groups is 1. The highest BCUT2D eigenvalue weighted by molar-refractivity contribution is 9.10. The van der Waals surface area contributed by atoms with Gasteiger partial charge in [0, 0.05) is 17.6 Å². The zero-order chi connectivity index (χ0) is 13.1. The topological polar surface area (TPSA) is 52.6 Å². The van der Waals surface area contributed by atoms with Gasteiger partial charge in [-0.15, -0.1) is 0 Å². The van der Waals surface area contributed by atoms with Crippen LogP contribution in [-0.2, 0) is 0 Å². The number of halogens is 1. The van der Waals surface area contributed by atoms with Crippen LogP contribution in [0.4, 0.5) is 0 Å². The van der Waals surface area contributed by atoms with Crippen molar-refractivity contribution in [2.45, 2.75) is 6.42 Å². The Bertz CT molecular complexity index is 451. The lowest BCUT2D eigenvalue weighted by molar-refractivity contribution is 0.0945. The standard InChI is InChI=1S/C13H17BrN2O2/c1-16-5-4-9(8-16)7-15-13(18)11-6-10(14)2-3-12(11)17/h2-3,6,9,17H,4-5,7-8H2,1H3,(H,15,18). The van der Waals surface area contributed by atoms with Crippen LogP contribution in [0, 0.1) is 5.92 Å². The molecule has 2 rings (SSSR count). The Morgan fingerprint density at radius 1 is 1.61 bits per heavy atom. The van der Waals surface area contributed by atoms with Gasteiger partial charge in [0.25, 0.3) is 5.91 Å². The Hall–Kier alpha value is -1.07. The van der Waals surface area contributed by atoms with E-state index in [2.05, 4.69) is 33.2 Å². The highest BCUT2D eigenvalue weighted by atomic mass is 79.9. The number of benzene rings is 1. The van der Waals surface area contributed by atoms with Crippen LogP contribution in [-0.4, -0.2) is 42.6 Å². The van der Waals surface area contributed by atoms with Gasteiger partial charge >= 0.3 is 0 Å². The molecule has 0 spiro atoms. The van der Waals surface area contributed by atoms with Gasteiger partial charge in [0.05, 0.1) is 5.56 Å². The summed E-state index contributed by atoms with van der Waals surface area (Å²) in [6.45, 7) is 2.77. The van der Waals surface area contributed by atoms with Crippen molar-refractivity contribution in [3.8, 4) is 5.75 Å². The molecule has 18 heavy (non-hydrogen) atoms. The summed E-state index contributed by atoms with van der Waals surface area (Å²) in [7, 11) is 2.09. The minimum Gasteiger partial charge on any atom is -0.507 e. The van der Waals surface area contributed by atoms with E-state index in [4.69, 9.17) is 0 Å². The lowest BCUT2D eigenvalue weighted by Gasteiger charge is -2.12. The van der Waals surface area contributed by atoms with Gasteiger partial charge in [0.15, 0.2) is 0 Å². The molecule has 1 aromatic rings.